The molecule has 1 fully saturated rings. The maximum atomic E-state index is 12.7. The lowest BCUT2D eigenvalue weighted by Gasteiger charge is -2.29. The molecule has 0 radical (unpaired) electrons. The predicted molar refractivity (Wildman–Crippen MR) is 98.9 cm³/mol. The summed E-state index contributed by atoms with van der Waals surface area (Å²) in [7, 11) is 0. The number of aryl methyl sites for hydroxylation is 1. The Morgan fingerprint density at radius 2 is 2.00 bits per heavy atom. The molecule has 26 heavy (non-hydrogen) atoms. The van der Waals surface area contributed by atoms with Gasteiger partial charge in [0.1, 0.15) is 11.7 Å². The molecule has 1 aromatic heterocycles. The number of hydrogen-bond acceptors (Lipinski definition) is 5. The first-order valence-corrected chi connectivity index (χ1v) is 8.88. The fourth-order valence-corrected chi connectivity index (χ4v) is 3.63. The topological polar surface area (TPSA) is 66.5 Å². The lowest BCUT2D eigenvalue weighted by molar-refractivity contribution is 0.00969. The van der Waals surface area contributed by atoms with Gasteiger partial charge in [-0.15, -0.1) is 0 Å². The Morgan fingerprint density at radius 1 is 1.23 bits per heavy atom. The van der Waals surface area contributed by atoms with Crippen LogP contribution in [0.4, 0.5) is 0 Å². The van der Waals surface area contributed by atoms with Gasteiger partial charge in [-0.2, -0.15) is 5.26 Å². The third-order valence-corrected chi connectivity index (χ3v) is 5.12. The number of esters is 1. The number of ether oxygens (including phenoxy) is 1. The fourth-order valence-electron chi connectivity index (χ4n) is 3.63. The van der Waals surface area contributed by atoms with Crippen molar-refractivity contribution in [2.24, 2.45) is 0 Å². The van der Waals surface area contributed by atoms with Crippen LogP contribution >= 0.6 is 0 Å². The minimum absolute atomic E-state index is 0.123. The van der Waals surface area contributed by atoms with E-state index in [1.807, 2.05) is 43.3 Å². The number of hydrogen-bond donors (Lipinski definition) is 0. The van der Waals surface area contributed by atoms with Crippen LogP contribution in [0.15, 0.2) is 40.8 Å². The minimum atomic E-state index is -0.401. The lowest BCUT2D eigenvalue weighted by Crippen LogP contribution is -2.38. The van der Waals surface area contributed by atoms with Crippen molar-refractivity contribution in [1.82, 2.24) is 4.90 Å². The van der Waals surface area contributed by atoms with E-state index in [2.05, 4.69) is 11.0 Å². The second-order valence-corrected chi connectivity index (χ2v) is 6.76. The summed E-state index contributed by atoms with van der Waals surface area (Å²) in [6.45, 7) is 3.87. The number of nitrogens with zero attached hydrogens (tertiary/aromatic N) is 2. The summed E-state index contributed by atoms with van der Waals surface area (Å²) in [6.07, 6.45) is 1.37. The number of rotatable bonds is 3. The number of benzene rings is 2. The van der Waals surface area contributed by atoms with Gasteiger partial charge in [-0.3, -0.25) is 4.90 Å². The van der Waals surface area contributed by atoms with E-state index in [9.17, 15) is 4.79 Å². The molecule has 0 N–H and O–H groups in total. The van der Waals surface area contributed by atoms with Crippen LogP contribution in [0.5, 0.6) is 0 Å². The van der Waals surface area contributed by atoms with Crippen LogP contribution in [0.1, 0.15) is 29.0 Å². The first kappa shape index (κ1) is 16.6. The largest absolute Gasteiger partial charge is 0.456 e. The van der Waals surface area contributed by atoms with Crippen molar-refractivity contribution in [3.05, 3.63) is 47.7 Å². The number of piperidine rings is 1. The Bertz CT molecular complexity index is 1010. The molecule has 0 saturated carbocycles. The van der Waals surface area contributed by atoms with Crippen LogP contribution in [0.3, 0.4) is 0 Å². The highest BCUT2D eigenvalue weighted by molar-refractivity contribution is 6.08. The molecule has 0 spiro atoms. The molecule has 1 saturated heterocycles. The molecule has 0 amide bonds. The number of fused-ring (bicyclic) bond motifs is 3. The second-order valence-electron chi connectivity index (χ2n) is 6.76. The van der Waals surface area contributed by atoms with Gasteiger partial charge in [-0.25, -0.2) is 4.79 Å². The zero-order chi connectivity index (χ0) is 18.1. The molecule has 2 heterocycles. The summed E-state index contributed by atoms with van der Waals surface area (Å²) in [5, 5.41) is 11.8. The Morgan fingerprint density at radius 3 is 2.77 bits per heavy atom. The third kappa shape index (κ3) is 2.93. The zero-order valence-corrected chi connectivity index (χ0v) is 14.7. The molecule has 132 valence electrons. The van der Waals surface area contributed by atoms with Crippen LogP contribution < -0.4 is 0 Å². The van der Waals surface area contributed by atoms with Crippen LogP contribution in [0, 0.1) is 18.3 Å². The maximum Gasteiger partial charge on any atom is 0.374 e. The number of carbonyl (C=O) groups excluding carboxylic acids is 1. The summed E-state index contributed by atoms with van der Waals surface area (Å²) < 4.78 is 11.6. The molecule has 0 bridgehead atoms. The molecule has 5 nitrogen and oxygen atoms in total. The van der Waals surface area contributed by atoms with Crippen LogP contribution in [0.25, 0.3) is 21.7 Å². The zero-order valence-electron chi connectivity index (χ0n) is 14.7. The summed E-state index contributed by atoms with van der Waals surface area (Å²) in [6, 6.07) is 14.2. The van der Waals surface area contributed by atoms with Gasteiger partial charge < -0.3 is 9.15 Å². The molecular formula is C21H20N2O3. The van der Waals surface area contributed by atoms with Gasteiger partial charge in [-0.1, -0.05) is 36.4 Å². The molecule has 0 unspecified atom stereocenters. The average molecular weight is 348 g/mol. The fraction of sp³-hybridized carbons (Fsp3) is 0.333. The Hall–Kier alpha value is -2.84. The van der Waals surface area contributed by atoms with Crippen molar-refractivity contribution in [3.8, 4) is 6.07 Å². The lowest BCUT2D eigenvalue weighted by atomic mass is 10.1. The number of nitriles is 1. The molecule has 1 aliphatic rings. The van der Waals surface area contributed by atoms with E-state index in [1.165, 1.54) is 0 Å². The standard InChI is InChI=1S/C21H20N2O3/c1-14-17-7-6-15-4-2-3-5-18(15)20(17)26-19(14)21(24)25-16-8-11-23(12-9-16)13-10-22/h2-7,16H,8-9,11-13H2,1H3. The molecule has 3 aromatic rings. The van der Waals surface area contributed by atoms with Crippen molar-refractivity contribution < 1.29 is 13.9 Å². The van der Waals surface area contributed by atoms with E-state index in [4.69, 9.17) is 14.4 Å². The maximum absolute atomic E-state index is 12.7. The molecule has 5 heteroatoms. The summed E-state index contributed by atoms with van der Waals surface area (Å²) in [5.41, 5.74) is 1.55. The average Bonchev–Trinajstić information content (AvgIpc) is 3.01. The second kappa shape index (κ2) is 6.81. The van der Waals surface area contributed by atoms with Crippen molar-refractivity contribution in [1.29, 1.82) is 5.26 Å². The van der Waals surface area contributed by atoms with E-state index in [0.717, 1.165) is 53.2 Å². The van der Waals surface area contributed by atoms with Gasteiger partial charge in [0.15, 0.2) is 0 Å². The summed E-state index contributed by atoms with van der Waals surface area (Å²) >= 11 is 0. The highest BCUT2D eigenvalue weighted by Crippen LogP contribution is 2.32. The molecule has 0 atom stereocenters. The molecule has 0 aliphatic carbocycles. The quantitative estimate of drug-likeness (QED) is 0.528. The van der Waals surface area contributed by atoms with Gasteiger partial charge >= 0.3 is 5.97 Å². The summed E-state index contributed by atoms with van der Waals surface area (Å²) in [4.78, 5) is 14.7. The smallest absolute Gasteiger partial charge is 0.374 e. The highest BCUT2D eigenvalue weighted by Gasteiger charge is 2.26. The van der Waals surface area contributed by atoms with Crippen LogP contribution in [-0.2, 0) is 4.74 Å². The van der Waals surface area contributed by atoms with Gasteiger partial charge in [-0.05, 0) is 25.2 Å². The third-order valence-electron chi connectivity index (χ3n) is 5.12. The van der Waals surface area contributed by atoms with Crippen LogP contribution in [0.2, 0.25) is 0 Å². The van der Waals surface area contributed by atoms with E-state index in [0.29, 0.717) is 6.54 Å². The monoisotopic (exact) mass is 348 g/mol. The highest BCUT2D eigenvalue weighted by atomic mass is 16.6. The Balaban J connectivity index is 1.57. The van der Waals surface area contributed by atoms with Gasteiger partial charge in [0, 0.05) is 29.4 Å². The minimum Gasteiger partial charge on any atom is -0.456 e. The number of carbonyl (C=O) groups is 1. The number of likely N-dealkylation sites (tertiary alicyclic amines) is 1. The van der Waals surface area contributed by atoms with Crippen LogP contribution in [-0.4, -0.2) is 36.6 Å². The first-order chi connectivity index (χ1) is 12.7. The molecular weight excluding hydrogens is 328 g/mol. The van der Waals surface area contributed by atoms with E-state index in [-0.39, 0.29) is 11.9 Å². The van der Waals surface area contributed by atoms with Crippen molar-refractivity contribution in [2.75, 3.05) is 19.6 Å². The van der Waals surface area contributed by atoms with E-state index < -0.39 is 5.97 Å². The molecule has 1 aliphatic heterocycles. The van der Waals surface area contributed by atoms with Crippen molar-refractivity contribution in [2.45, 2.75) is 25.9 Å². The van der Waals surface area contributed by atoms with Gasteiger partial charge in [0.25, 0.3) is 0 Å². The molecule has 2 aromatic carbocycles. The Kier molecular flexibility index (Phi) is 4.36. The summed E-state index contributed by atoms with van der Waals surface area (Å²) in [5.74, 6) is -0.114. The molecule has 4 rings (SSSR count). The van der Waals surface area contributed by atoms with Crippen molar-refractivity contribution in [3.63, 3.8) is 0 Å². The SMILES string of the molecule is Cc1c(C(=O)OC2CCN(CC#N)CC2)oc2c1ccc1ccccc12. The van der Waals surface area contributed by atoms with Gasteiger partial charge in [0.05, 0.1) is 12.6 Å². The normalized spacial score (nSPS) is 16.0. The first-order valence-electron chi connectivity index (χ1n) is 8.88. The predicted octanol–water partition coefficient (Wildman–Crippen LogP) is 4.04. The van der Waals surface area contributed by atoms with E-state index in [1.54, 1.807) is 0 Å². The number of furan rings is 1. The van der Waals surface area contributed by atoms with Gasteiger partial charge in [0.2, 0.25) is 5.76 Å². The Labute approximate surface area is 151 Å². The van der Waals surface area contributed by atoms with Crippen molar-refractivity contribution >= 4 is 27.7 Å². The van der Waals surface area contributed by atoms with E-state index >= 15 is 0 Å².